The molecule has 6 heteroatoms. The lowest BCUT2D eigenvalue weighted by Gasteiger charge is -2.18. The quantitative estimate of drug-likeness (QED) is 0.0267. The minimum Gasteiger partial charge on any atom is -0.462 e. The molecular weight excluding hydrogens is 685 g/mol. The minimum atomic E-state index is -0.812. The van der Waals surface area contributed by atoms with Crippen molar-refractivity contribution in [3.8, 4) is 0 Å². The van der Waals surface area contributed by atoms with E-state index in [0.29, 0.717) is 19.3 Å². The molecule has 0 spiro atoms. The van der Waals surface area contributed by atoms with Crippen molar-refractivity contribution in [3.63, 3.8) is 0 Å². The number of carbonyl (C=O) groups is 3. The summed E-state index contributed by atoms with van der Waals surface area (Å²) in [7, 11) is 0. The molecule has 0 amide bonds. The SMILES string of the molecule is CC/C=C\C/C=C\C/C=C\CCCCC(=O)OC(COC(=O)CC/C=C\C/C=C\CCCCCCCC)COC(=O)CCCCCCCCCCCCCC. The van der Waals surface area contributed by atoms with Gasteiger partial charge in [0.1, 0.15) is 13.2 Å². The largest absolute Gasteiger partial charge is 0.462 e. The third-order valence-corrected chi connectivity index (χ3v) is 9.52. The van der Waals surface area contributed by atoms with Gasteiger partial charge in [0.05, 0.1) is 0 Å². The van der Waals surface area contributed by atoms with Gasteiger partial charge < -0.3 is 14.2 Å². The molecule has 0 bridgehead atoms. The molecule has 1 atom stereocenters. The predicted octanol–water partition coefficient (Wildman–Crippen LogP) is 14.5. The van der Waals surface area contributed by atoms with E-state index in [0.717, 1.165) is 64.2 Å². The zero-order valence-corrected chi connectivity index (χ0v) is 35.9. The summed E-state index contributed by atoms with van der Waals surface area (Å²) in [4.78, 5) is 37.7. The first-order valence-electron chi connectivity index (χ1n) is 22.8. The molecule has 0 rings (SSSR count). The van der Waals surface area contributed by atoms with Crippen molar-refractivity contribution in [3.05, 3.63) is 60.8 Å². The first kappa shape index (κ1) is 52.1. The van der Waals surface area contributed by atoms with Gasteiger partial charge in [-0.3, -0.25) is 14.4 Å². The number of rotatable bonds is 40. The Morgan fingerprint density at radius 1 is 0.382 bits per heavy atom. The summed E-state index contributed by atoms with van der Waals surface area (Å²) in [6, 6.07) is 0. The van der Waals surface area contributed by atoms with E-state index in [-0.39, 0.29) is 44.0 Å². The lowest BCUT2D eigenvalue weighted by molar-refractivity contribution is -0.166. The van der Waals surface area contributed by atoms with Crippen LogP contribution < -0.4 is 0 Å². The van der Waals surface area contributed by atoms with Crippen LogP contribution in [0.3, 0.4) is 0 Å². The highest BCUT2D eigenvalue weighted by atomic mass is 16.6. The van der Waals surface area contributed by atoms with Gasteiger partial charge >= 0.3 is 17.9 Å². The normalized spacial score (nSPS) is 12.6. The number of ether oxygens (including phenoxy) is 3. The van der Waals surface area contributed by atoms with Crippen molar-refractivity contribution in [2.24, 2.45) is 0 Å². The summed E-state index contributed by atoms with van der Waals surface area (Å²) < 4.78 is 16.6. The Labute approximate surface area is 339 Å². The van der Waals surface area contributed by atoms with E-state index < -0.39 is 6.10 Å². The highest BCUT2D eigenvalue weighted by Gasteiger charge is 2.19. The second-order valence-corrected chi connectivity index (χ2v) is 14.9. The number of hydrogen-bond acceptors (Lipinski definition) is 6. The van der Waals surface area contributed by atoms with E-state index >= 15 is 0 Å². The van der Waals surface area contributed by atoms with Gasteiger partial charge in [-0.05, 0) is 70.6 Å². The summed E-state index contributed by atoms with van der Waals surface area (Å²) in [5.74, 6) is -1.02. The lowest BCUT2D eigenvalue weighted by atomic mass is 10.0. The molecular formula is C49H84O6. The summed E-state index contributed by atoms with van der Waals surface area (Å²) in [6.45, 7) is 6.41. The first-order valence-corrected chi connectivity index (χ1v) is 22.8. The number of hydrogen-bond donors (Lipinski definition) is 0. The highest BCUT2D eigenvalue weighted by molar-refractivity contribution is 5.71. The maximum atomic E-state index is 12.7. The predicted molar refractivity (Wildman–Crippen MR) is 233 cm³/mol. The molecule has 0 aromatic heterocycles. The molecule has 316 valence electrons. The minimum absolute atomic E-state index is 0.106. The van der Waals surface area contributed by atoms with Crippen molar-refractivity contribution in [1.82, 2.24) is 0 Å². The third-order valence-electron chi connectivity index (χ3n) is 9.52. The Bertz CT molecular complexity index is 1020. The second kappa shape index (κ2) is 43.8. The molecule has 0 fully saturated rings. The fraction of sp³-hybridized carbons (Fsp3) is 0.735. The highest BCUT2D eigenvalue weighted by Crippen LogP contribution is 2.14. The zero-order chi connectivity index (χ0) is 40.1. The van der Waals surface area contributed by atoms with Crippen molar-refractivity contribution in [1.29, 1.82) is 0 Å². The molecule has 0 aromatic rings. The molecule has 0 aromatic carbocycles. The molecule has 0 aliphatic rings. The molecule has 6 nitrogen and oxygen atoms in total. The second-order valence-electron chi connectivity index (χ2n) is 14.9. The van der Waals surface area contributed by atoms with Crippen LogP contribution in [0.2, 0.25) is 0 Å². The van der Waals surface area contributed by atoms with Crippen LogP contribution in [0.1, 0.15) is 213 Å². The Morgan fingerprint density at radius 3 is 1.25 bits per heavy atom. The van der Waals surface area contributed by atoms with E-state index in [4.69, 9.17) is 14.2 Å². The van der Waals surface area contributed by atoms with Gasteiger partial charge in [0.15, 0.2) is 6.10 Å². The zero-order valence-electron chi connectivity index (χ0n) is 35.9. The summed E-state index contributed by atoms with van der Waals surface area (Å²) in [5.41, 5.74) is 0. The smallest absolute Gasteiger partial charge is 0.306 e. The van der Waals surface area contributed by atoms with E-state index in [1.54, 1.807) is 0 Å². The molecule has 0 aliphatic heterocycles. The van der Waals surface area contributed by atoms with Crippen molar-refractivity contribution < 1.29 is 28.6 Å². The lowest BCUT2D eigenvalue weighted by Crippen LogP contribution is -2.30. The van der Waals surface area contributed by atoms with Gasteiger partial charge in [-0.2, -0.15) is 0 Å². The molecule has 1 unspecified atom stereocenters. The number of esters is 3. The number of allylic oxidation sites excluding steroid dienone is 10. The Kier molecular flexibility index (Phi) is 41.5. The van der Waals surface area contributed by atoms with Crippen LogP contribution in [0.15, 0.2) is 60.8 Å². The van der Waals surface area contributed by atoms with Crippen LogP contribution >= 0.6 is 0 Å². The van der Waals surface area contributed by atoms with E-state index in [9.17, 15) is 14.4 Å². The van der Waals surface area contributed by atoms with Crippen molar-refractivity contribution in [2.75, 3.05) is 13.2 Å². The van der Waals surface area contributed by atoms with Crippen LogP contribution in [0.25, 0.3) is 0 Å². The first-order chi connectivity index (χ1) is 27.0. The Morgan fingerprint density at radius 2 is 0.745 bits per heavy atom. The van der Waals surface area contributed by atoms with E-state index in [1.807, 2.05) is 6.08 Å². The van der Waals surface area contributed by atoms with Crippen molar-refractivity contribution >= 4 is 17.9 Å². The Hall–Kier alpha value is -2.89. The fourth-order valence-electron chi connectivity index (χ4n) is 6.10. The van der Waals surface area contributed by atoms with Gasteiger partial charge in [-0.25, -0.2) is 0 Å². The summed E-state index contributed by atoms with van der Waals surface area (Å²) in [5, 5.41) is 0. The monoisotopic (exact) mass is 769 g/mol. The topological polar surface area (TPSA) is 78.9 Å². The van der Waals surface area contributed by atoms with Gasteiger partial charge in [0, 0.05) is 19.3 Å². The standard InChI is InChI=1S/C49H84O6/c1-4-7-10-13-16-19-22-25-28-30-33-36-39-42-48(51)54-45-46(55-49(52)43-40-37-34-31-27-24-21-18-15-12-9-6-3)44-53-47(50)41-38-35-32-29-26-23-20-17-14-11-8-5-2/h9,12,18,21,25,27-28,31,33,36,46H,4-8,10-11,13-17,19-20,22-24,26,29-30,32,34-35,37-45H2,1-3H3/b12-9-,21-18-,28-25-,31-27-,36-33-. The van der Waals surface area contributed by atoms with Crippen molar-refractivity contribution in [2.45, 2.75) is 219 Å². The third kappa shape index (κ3) is 42.1. The maximum absolute atomic E-state index is 12.7. The summed E-state index contributed by atoms with van der Waals surface area (Å²) >= 11 is 0. The number of unbranched alkanes of at least 4 members (excludes halogenated alkanes) is 19. The van der Waals surface area contributed by atoms with Crippen LogP contribution in [-0.2, 0) is 28.6 Å². The van der Waals surface area contributed by atoms with Crippen LogP contribution in [0.4, 0.5) is 0 Å². The molecule has 0 aliphatic carbocycles. The van der Waals surface area contributed by atoms with Gasteiger partial charge in [-0.1, -0.05) is 184 Å². The average Bonchev–Trinajstić information content (AvgIpc) is 3.18. The van der Waals surface area contributed by atoms with Gasteiger partial charge in [-0.15, -0.1) is 0 Å². The van der Waals surface area contributed by atoms with E-state index in [1.165, 1.54) is 96.3 Å². The fourth-order valence-corrected chi connectivity index (χ4v) is 6.10. The van der Waals surface area contributed by atoms with Gasteiger partial charge in [0.25, 0.3) is 0 Å². The molecule has 0 heterocycles. The van der Waals surface area contributed by atoms with Crippen LogP contribution in [-0.4, -0.2) is 37.2 Å². The van der Waals surface area contributed by atoms with E-state index in [2.05, 4.69) is 75.5 Å². The van der Waals surface area contributed by atoms with Gasteiger partial charge in [0.2, 0.25) is 0 Å². The Balaban J connectivity index is 4.50. The molecule has 0 radical (unpaired) electrons. The summed E-state index contributed by atoms with van der Waals surface area (Å²) in [6.07, 6.45) is 52.2. The molecule has 55 heavy (non-hydrogen) atoms. The molecule has 0 N–H and O–H groups in total. The molecule has 0 saturated carbocycles. The number of carbonyl (C=O) groups excluding carboxylic acids is 3. The van der Waals surface area contributed by atoms with Crippen LogP contribution in [0.5, 0.6) is 0 Å². The van der Waals surface area contributed by atoms with Crippen LogP contribution in [0, 0.1) is 0 Å². The maximum Gasteiger partial charge on any atom is 0.306 e. The molecule has 0 saturated heterocycles. The average molecular weight is 769 g/mol.